The molecular formula is C15H20O2. The molecule has 0 amide bonds. The number of Topliss-reactive ketones (excluding diaryl/α,β-unsaturated/α-hetero) is 1. The van der Waals surface area contributed by atoms with E-state index in [9.17, 15) is 4.79 Å². The number of hydrogen-bond acceptors (Lipinski definition) is 2. The predicted molar refractivity (Wildman–Crippen MR) is 68.5 cm³/mol. The molecule has 0 saturated heterocycles. The lowest BCUT2D eigenvalue weighted by Gasteiger charge is -2.26. The van der Waals surface area contributed by atoms with Crippen LogP contribution in [-0.2, 0) is 4.74 Å². The molecule has 0 heterocycles. The summed E-state index contributed by atoms with van der Waals surface area (Å²) in [5, 5.41) is 0. The minimum atomic E-state index is 0.0969. The summed E-state index contributed by atoms with van der Waals surface area (Å²) in [4.78, 5) is 11.9. The van der Waals surface area contributed by atoms with Crippen LogP contribution in [0.5, 0.6) is 0 Å². The molecule has 2 nitrogen and oxygen atoms in total. The van der Waals surface area contributed by atoms with Crippen molar-refractivity contribution in [2.45, 2.75) is 38.5 Å². The summed E-state index contributed by atoms with van der Waals surface area (Å²) in [6.07, 6.45) is 4.81. The van der Waals surface area contributed by atoms with E-state index < -0.39 is 0 Å². The number of hydrogen-bond donors (Lipinski definition) is 0. The largest absolute Gasteiger partial charge is 0.373 e. The van der Waals surface area contributed by atoms with E-state index in [1.807, 2.05) is 25.1 Å². The second-order valence-electron chi connectivity index (χ2n) is 4.73. The highest BCUT2D eigenvalue weighted by atomic mass is 16.5. The smallest absolute Gasteiger partial charge is 0.188 e. The summed E-state index contributed by atoms with van der Waals surface area (Å²) in [6, 6.07) is 8.05. The topological polar surface area (TPSA) is 26.3 Å². The molecule has 1 aliphatic carbocycles. The predicted octanol–water partition coefficient (Wildman–Crippen LogP) is 3.56. The van der Waals surface area contributed by atoms with E-state index in [-0.39, 0.29) is 12.4 Å². The maximum atomic E-state index is 11.9. The van der Waals surface area contributed by atoms with Crippen LogP contribution in [-0.4, -0.2) is 19.0 Å². The third-order valence-corrected chi connectivity index (χ3v) is 3.37. The van der Waals surface area contributed by atoms with Crippen LogP contribution >= 0.6 is 0 Å². The number of ether oxygens (including phenoxy) is 1. The molecule has 1 aliphatic rings. The Labute approximate surface area is 103 Å². The van der Waals surface area contributed by atoms with Crippen LogP contribution in [0.2, 0.25) is 0 Å². The van der Waals surface area contributed by atoms with Gasteiger partial charge in [-0.05, 0) is 36.8 Å². The van der Waals surface area contributed by atoms with Crippen LogP contribution in [0.15, 0.2) is 24.3 Å². The number of carbonyl (C=O) groups is 1. The Kier molecular flexibility index (Phi) is 4.32. The molecule has 1 fully saturated rings. The van der Waals surface area contributed by atoms with Gasteiger partial charge in [-0.15, -0.1) is 0 Å². The quantitative estimate of drug-likeness (QED) is 0.553. The van der Waals surface area contributed by atoms with Gasteiger partial charge < -0.3 is 4.74 Å². The maximum absolute atomic E-state index is 11.9. The number of ketones is 1. The molecule has 2 rings (SSSR count). The Morgan fingerprint density at radius 3 is 2.88 bits per heavy atom. The van der Waals surface area contributed by atoms with E-state index in [4.69, 9.17) is 4.74 Å². The second-order valence-corrected chi connectivity index (χ2v) is 4.73. The Bertz CT molecular complexity index is 380. The van der Waals surface area contributed by atoms with Gasteiger partial charge in [0.25, 0.3) is 0 Å². The summed E-state index contributed by atoms with van der Waals surface area (Å²) in [5.41, 5.74) is 2.11. The van der Waals surface area contributed by atoms with Crippen molar-refractivity contribution in [2.75, 3.05) is 13.2 Å². The molecule has 0 aromatic heterocycles. The Hall–Kier alpha value is -1.15. The molecule has 0 aliphatic heterocycles. The number of benzene rings is 1. The highest BCUT2D eigenvalue weighted by Gasteiger charge is 2.20. The van der Waals surface area contributed by atoms with Crippen molar-refractivity contribution < 1.29 is 9.53 Å². The van der Waals surface area contributed by atoms with Crippen LogP contribution in [0.25, 0.3) is 0 Å². The van der Waals surface area contributed by atoms with E-state index in [2.05, 4.69) is 6.07 Å². The molecule has 17 heavy (non-hydrogen) atoms. The number of rotatable bonds is 6. The van der Waals surface area contributed by atoms with Gasteiger partial charge in [0.2, 0.25) is 0 Å². The van der Waals surface area contributed by atoms with Gasteiger partial charge in [-0.25, -0.2) is 0 Å². The molecule has 1 saturated carbocycles. The Morgan fingerprint density at radius 2 is 2.24 bits per heavy atom. The lowest BCUT2D eigenvalue weighted by atomic mass is 9.79. The first-order valence-electron chi connectivity index (χ1n) is 6.52. The van der Waals surface area contributed by atoms with Gasteiger partial charge in [0.15, 0.2) is 5.78 Å². The fourth-order valence-corrected chi connectivity index (χ4v) is 2.10. The molecule has 0 atom stereocenters. The minimum absolute atomic E-state index is 0.0969. The molecule has 0 N–H and O–H groups in total. The van der Waals surface area contributed by atoms with Crippen molar-refractivity contribution in [3.8, 4) is 0 Å². The van der Waals surface area contributed by atoms with Crippen molar-refractivity contribution in [3.63, 3.8) is 0 Å². The molecule has 0 bridgehead atoms. The molecular weight excluding hydrogens is 212 g/mol. The van der Waals surface area contributed by atoms with Crippen LogP contribution in [0, 0.1) is 0 Å². The van der Waals surface area contributed by atoms with Crippen molar-refractivity contribution in [1.82, 2.24) is 0 Å². The van der Waals surface area contributed by atoms with E-state index in [0.717, 1.165) is 12.0 Å². The van der Waals surface area contributed by atoms with Gasteiger partial charge in [0.05, 0.1) is 0 Å². The highest BCUT2D eigenvalue weighted by Crippen LogP contribution is 2.36. The van der Waals surface area contributed by atoms with Crippen molar-refractivity contribution in [2.24, 2.45) is 0 Å². The van der Waals surface area contributed by atoms with E-state index in [0.29, 0.717) is 12.5 Å². The van der Waals surface area contributed by atoms with Gasteiger partial charge in [-0.1, -0.05) is 31.5 Å². The SMILES string of the molecule is CCCOCC(=O)c1cccc(C2CCC2)c1. The third kappa shape index (κ3) is 3.16. The van der Waals surface area contributed by atoms with Gasteiger partial charge in [0.1, 0.15) is 6.61 Å². The number of carbonyl (C=O) groups excluding carboxylic acids is 1. The van der Waals surface area contributed by atoms with Crippen LogP contribution in [0.3, 0.4) is 0 Å². The van der Waals surface area contributed by atoms with Crippen molar-refractivity contribution in [1.29, 1.82) is 0 Å². The first-order chi connectivity index (χ1) is 8.31. The van der Waals surface area contributed by atoms with Crippen molar-refractivity contribution >= 4 is 5.78 Å². The first kappa shape index (κ1) is 12.3. The summed E-state index contributed by atoms with van der Waals surface area (Å²) in [5.74, 6) is 0.777. The Balaban J connectivity index is 1.97. The van der Waals surface area contributed by atoms with E-state index in [1.54, 1.807) is 0 Å². The van der Waals surface area contributed by atoms with Gasteiger partial charge in [-0.2, -0.15) is 0 Å². The van der Waals surface area contributed by atoms with Crippen LogP contribution in [0.4, 0.5) is 0 Å². The average molecular weight is 232 g/mol. The molecule has 2 heteroatoms. The van der Waals surface area contributed by atoms with Gasteiger partial charge in [0, 0.05) is 12.2 Å². The normalized spacial score (nSPS) is 15.6. The van der Waals surface area contributed by atoms with Crippen LogP contribution in [0.1, 0.15) is 54.4 Å². The average Bonchev–Trinajstić information content (AvgIpc) is 2.27. The standard InChI is InChI=1S/C15H20O2/c1-2-9-17-11-15(16)14-8-4-7-13(10-14)12-5-3-6-12/h4,7-8,10,12H,2-3,5-6,9,11H2,1H3. The molecule has 0 radical (unpaired) electrons. The lowest BCUT2D eigenvalue weighted by molar-refractivity contribution is 0.0761. The van der Waals surface area contributed by atoms with Crippen LogP contribution < -0.4 is 0 Å². The van der Waals surface area contributed by atoms with Crippen molar-refractivity contribution in [3.05, 3.63) is 35.4 Å². The summed E-state index contributed by atoms with van der Waals surface area (Å²) < 4.78 is 5.29. The van der Waals surface area contributed by atoms with E-state index in [1.165, 1.54) is 24.8 Å². The summed E-state index contributed by atoms with van der Waals surface area (Å²) >= 11 is 0. The molecule has 1 aromatic carbocycles. The highest BCUT2D eigenvalue weighted by molar-refractivity contribution is 5.97. The monoisotopic (exact) mass is 232 g/mol. The fraction of sp³-hybridized carbons (Fsp3) is 0.533. The Morgan fingerprint density at radius 1 is 1.41 bits per heavy atom. The molecule has 0 spiro atoms. The maximum Gasteiger partial charge on any atom is 0.188 e. The zero-order valence-electron chi connectivity index (χ0n) is 10.4. The first-order valence-corrected chi connectivity index (χ1v) is 6.52. The molecule has 0 unspecified atom stereocenters. The minimum Gasteiger partial charge on any atom is -0.373 e. The molecule has 1 aromatic rings. The fourth-order valence-electron chi connectivity index (χ4n) is 2.10. The second kappa shape index (κ2) is 5.97. The third-order valence-electron chi connectivity index (χ3n) is 3.37. The summed E-state index contributed by atoms with van der Waals surface area (Å²) in [7, 11) is 0. The zero-order chi connectivity index (χ0) is 12.1. The lowest BCUT2D eigenvalue weighted by Crippen LogP contribution is -2.12. The summed E-state index contributed by atoms with van der Waals surface area (Å²) in [6.45, 7) is 2.91. The zero-order valence-corrected chi connectivity index (χ0v) is 10.4. The van der Waals surface area contributed by atoms with Gasteiger partial charge >= 0.3 is 0 Å². The van der Waals surface area contributed by atoms with E-state index >= 15 is 0 Å². The molecule has 92 valence electrons. The van der Waals surface area contributed by atoms with Gasteiger partial charge in [-0.3, -0.25) is 4.79 Å².